The molecule has 0 aliphatic carbocycles. The molecule has 7 aromatic rings. The van der Waals surface area contributed by atoms with E-state index in [0.29, 0.717) is 11.8 Å². The Kier molecular flexibility index (Phi) is 8.38. The van der Waals surface area contributed by atoms with Gasteiger partial charge in [0.05, 0.1) is 22.9 Å². The predicted octanol–water partition coefficient (Wildman–Crippen LogP) is 11.1. The smallest absolute Gasteiger partial charge is 0.137 e. The maximum atomic E-state index is 6.53. The Labute approximate surface area is 283 Å². The highest BCUT2D eigenvalue weighted by molar-refractivity contribution is 6.09. The van der Waals surface area contributed by atoms with E-state index in [0.717, 1.165) is 46.9 Å². The van der Waals surface area contributed by atoms with Crippen LogP contribution in [-0.2, 0) is 12.8 Å². The van der Waals surface area contributed by atoms with Gasteiger partial charge in [0.2, 0.25) is 0 Å². The summed E-state index contributed by atoms with van der Waals surface area (Å²) < 4.78 is 10.7. The van der Waals surface area contributed by atoms with E-state index in [9.17, 15) is 0 Å². The Hall–Kier alpha value is -5.16. The van der Waals surface area contributed by atoms with E-state index in [-0.39, 0.29) is 0 Å². The number of hydrogen-bond acceptors (Lipinski definition) is 3. The number of nitrogens with zero attached hydrogens (tertiary/aromatic N) is 4. The third-order valence-corrected chi connectivity index (χ3v) is 9.26. The molecular formula is C43H44N4O. The molecule has 0 amide bonds. The van der Waals surface area contributed by atoms with Crippen molar-refractivity contribution >= 4 is 21.8 Å². The van der Waals surface area contributed by atoms with Crippen LogP contribution in [-0.4, -0.2) is 19.3 Å². The van der Waals surface area contributed by atoms with Gasteiger partial charge in [0, 0.05) is 40.9 Å². The van der Waals surface area contributed by atoms with Gasteiger partial charge in [-0.3, -0.25) is 4.57 Å². The SMILES string of the molecule is Cc1ccnc(-n2c3ccccc3c3ccc(Oc4cccc(-n5cc(-c6c(CC(C)C)cc(C)c(C)c6CC(C)C)cn5)c4)cc32)c1. The first-order valence-electron chi connectivity index (χ1n) is 17.1. The van der Waals surface area contributed by atoms with Gasteiger partial charge in [-0.05, 0) is 121 Å². The summed E-state index contributed by atoms with van der Waals surface area (Å²) in [6, 6.07) is 29.5. The molecule has 242 valence electrons. The molecule has 4 aromatic carbocycles. The lowest BCUT2D eigenvalue weighted by molar-refractivity contribution is 0.483. The van der Waals surface area contributed by atoms with Crippen LogP contribution in [0.2, 0.25) is 0 Å². The van der Waals surface area contributed by atoms with E-state index < -0.39 is 0 Å². The van der Waals surface area contributed by atoms with E-state index in [1.54, 1.807) is 0 Å². The molecule has 0 aliphatic rings. The van der Waals surface area contributed by atoms with Crippen LogP contribution in [0.25, 0.3) is 44.4 Å². The first kappa shape index (κ1) is 31.4. The number of hydrogen-bond donors (Lipinski definition) is 0. The van der Waals surface area contributed by atoms with Crippen molar-refractivity contribution in [2.75, 3.05) is 0 Å². The number of aromatic nitrogens is 4. The second-order valence-corrected chi connectivity index (χ2v) is 14.0. The lowest BCUT2D eigenvalue weighted by Crippen LogP contribution is -2.07. The van der Waals surface area contributed by atoms with Crippen molar-refractivity contribution in [2.24, 2.45) is 11.8 Å². The normalized spacial score (nSPS) is 11.8. The van der Waals surface area contributed by atoms with Gasteiger partial charge < -0.3 is 4.74 Å². The van der Waals surface area contributed by atoms with Crippen LogP contribution >= 0.6 is 0 Å². The minimum atomic E-state index is 0.563. The third-order valence-electron chi connectivity index (χ3n) is 9.26. The summed E-state index contributed by atoms with van der Waals surface area (Å²) in [5.41, 5.74) is 12.4. The second kappa shape index (κ2) is 12.8. The number of fused-ring (bicyclic) bond motifs is 3. The van der Waals surface area contributed by atoms with Crippen LogP contribution in [0.1, 0.15) is 55.5 Å². The quantitative estimate of drug-likeness (QED) is 0.159. The van der Waals surface area contributed by atoms with Crippen molar-refractivity contribution in [1.82, 2.24) is 19.3 Å². The molecule has 0 saturated carbocycles. The van der Waals surface area contributed by atoms with E-state index in [1.165, 1.54) is 49.7 Å². The second-order valence-electron chi connectivity index (χ2n) is 14.0. The van der Waals surface area contributed by atoms with Gasteiger partial charge in [0.25, 0.3) is 0 Å². The van der Waals surface area contributed by atoms with Gasteiger partial charge in [-0.1, -0.05) is 58.0 Å². The minimum absolute atomic E-state index is 0.563. The Balaban J connectivity index is 1.25. The van der Waals surface area contributed by atoms with Gasteiger partial charge in [-0.15, -0.1) is 0 Å². The topological polar surface area (TPSA) is 44.9 Å². The molecule has 0 unspecified atom stereocenters. The standard InChI is InChI=1S/C43H44N4O/c1-27(2)19-32-22-30(6)31(7)39(20-28(3)4)43(32)33-25-45-46(26-33)34-11-10-12-35(23-34)48-36-15-16-38-37-13-8-9-14-40(37)47(41(38)24-36)42-21-29(5)17-18-44-42/h8-18,21-28H,19-20H2,1-7H3. The molecule has 0 aliphatic heterocycles. The molecule has 7 rings (SSSR count). The summed E-state index contributed by atoms with van der Waals surface area (Å²) in [6.45, 7) is 15.8. The highest BCUT2D eigenvalue weighted by atomic mass is 16.5. The van der Waals surface area contributed by atoms with Crippen LogP contribution < -0.4 is 4.74 Å². The first-order chi connectivity index (χ1) is 23.2. The van der Waals surface area contributed by atoms with Crippen molar-refractivity contribution in [2.45, 2.75) is 61.3 Å². The zero-order valence-electron chi connectivity index (χ0n) is 29.1. The summed E-state index contributed by atoms with van der Waals surface area (Å²) in [7, 11) is 0. The monoisotopic (exact) mass is 632 g/mol. The van der Waals surface area contributed by atoms with Crippen LogP contribution in [0.5, 0.6) is 11.5 Å². The maximum Gasteiger partial charge on any atom is 0.137 e. The molecule has 5 heteroatoms. The predicted molar refractivity (Wildman–Crippen MR) is 199 cm³/mol. The molecule has 48 heavy (non-hydrogen) atoms. The number of rotatable bonds is 9. The molecule has 5 nitrogen and oxygen atoms in total. The highest BCUT2D eigenvalue weighted by Crippen LogP contribution is 2.37. The number of para-hydroxylation sites is 1. The van der Waals surface area contributed by atoms with Crippen molar-refractivity contribution in [1.29, 1.82) is 0 Å². The van der Waals surface area contributed by atoms with Crippen molar-refractivity contribution in [3.63, 3.8) is 0 Å². The molecule has 0 radical (unpaired) electrons. The van der Waals surface area contributed by atoms with Crippen molar-refractivity contribution in [3.8, 4) is 34.1 Å². The average Bonchev–Trinajstić information content (AvgIpc) is 3.66. The van der Waals surface area contributed by atoms with Crippen LogP contribution in [0, 0.1) is 32.6 Å². The number of pyridine rings is 1. The fourth-order valence-corrected chi connectivity index (χ4v) is 7.01. The molecule has 0 bridgehead atoms. The number of benzene rings is 4. The zero-order valence-corrected chi connectivity index (χ0v) is 29.1. The lowest BCUT2D eigenvalue weighted by Gasteiger charge is -2.21. The Morgan fingerprint density at radius 3 is 2.29 bits per heavy atom. The molecule has 0 N–H and O–H groups in total. The summed E-state index contributed by atoms with van der Waals surface area (Å²) in [4.78, 5) is 4.72. The van der Waals surface area contributed by atoms with E-state index in [4.69, 9.17) is 14.8 Å². The average molecular weight is 633 g/mol. The molecule has 3 aromatic heterocycles. The Bertz CT molecular complexity index is 2270. The van der Waals surface area contributed by atoms with Gasteiger partial charge in [-0.25, -0.2) is 9.67 Å². The largest absolute Gasteiger partial charge is 0.457 e. The van der Waals surface area contributed by atoms with Crippen LogP contribution in [0.4, 0.5) is 0 Å². The summed E-state index contributed by atoms with van der Waals surface area (Å²) in [5, 5.41) is 7.23. The molecular weight excluding hydrogens is 589 g/mol. The zero-order chi connectivity index (χ0) is 33.5. The highest BCUT2D eigenvalue weighted by Gasteiger charge is 2.19. The van der Waals surface area contributed by atoms with Gasteiger partial charge in [0.15, 0.2) is 0 Å². The molecule has 3 heterocycles. The summed E-state index contributed by atoms with van der Waals surface area (Å²) in [6.07, 6.45) is 8.16. The van der Waals surface area contributed by atoms with Gasteiger partial charge in [0.1, 0.15) is 17.3 Å². The van der Waals surface area contributed by atoms with Crippen LogP contribution in [0.15, 0.2) is 104 Å². The third kappa shape index (κ3) is 6.01. The molecule has 0 atom stereocenters. The van der Waals surface area contributed by atoms with Crippen LogP contribution in [0.3, 0.4) is 0 Å². The van der Waals surface area contributed by atoms with E-state index in [1.807, 2.05) is 41.3 Å². The minimum Gasteiger partial charge on any atom is -0.457 e. The van der Waals surface area contributed by atoms with E-state index in [2.05, 4.69) is 120 Å². The molecule has 0 fully saturated rings. The summed E-state index contributed by atoms with van der Waals surface area (Å²) in [5.74, 6) is 3.55. The first-order valence-corrected chi connectivity index (χ1v) is 17.1. The van der Waals surface area contributed by atoms with E-state index >= 15 is 0 Å². The number of ether oxygens (including phenoxy) is 1. The van der Waals surface area contributed by atoms with Crippen molar-refractivity contribution < 1.29 is 4.74 Å². The summed E-state index contributed by atoms with van der Waals surface area (Å²) >= 11 is 0. The Morgan fingerprint density at radius 1 is 0.729 bits per heavy atom. The lowest BCUT2D eigenvalue weighted by atomic mass is 9.83. The molecule has 0 spiro atoms. The number of aryl methyl sites for hydroxylation is 2. The fraction of sp³-hybridized carbons (Fsp3) is 0.256. The fourth-order valence-electron chi connectivity index (χ4n) is 7.01. The maximum absolute atomic E-state index is 6.53. The molecule has 0 saturated heterocycles. The van der Waals surface area contributed by atoms with Crippen molar-refractivity contribution in [3.05, 3.63) is 131 Å². The Morgan fingerprint density at radius 2 is 1.50 bits per heavy atom. The van der Waals surface area contributed by atoms with Gasteiger partial charge >= 0.3 is 0 Å². The van der Waals surface area contributed by atoms with Gasteiger partial charge in [-0.2, -0.15) is 5.10 Å².